The zero-order valence-corrected chi connectivity index (χ0v) is 12.9. The van der Waals surface area contributed by atoms with Gasteiger partial charge in [0.25, 0.3) is 0 Å². The van der Waals surface area contributed by atoms with Gasteiger partial charge in [-0.2, -0.15) is 15.0 Å². The largest absolute Gasteiger partial charge is 0.354 e. The van der Waals surface area contributed by atoms with Gasteiger partial charge in [0.05, 0.1) is 0 Å². The van der Waals surface area contributed by atoms with E-state index in [0.29, 0.717) is 5.95 Å². The Balaban J connectivity index is 1.73. The molecule has 0 bridgehead atoms. The summed E-state index contributed by atoms with van der Waals surface area (Å²) in [4.78, 5) is 16.0. The van der Waals surface area contributed by atoms with Gasteiger partial charge in [0, 0.05) is 26.2 Å². The Hall–Kier alpha value is -1.59. The molecule has 2 aliphatic rings. The van der Waals surface area contributed by atoms with E-state index >= 15 is 0 Å². The third-order valence-corrected chi connectivity index (χ3v) is 4.04. The highest BCUT2D eigenvalue weighted by atomic mass is 15.3. The fourth-order valence-corrected chi connectivity index (χ4v) is 2.55. The van der Waals surface area contributed by atoms with Crippen LogP contribution in [0.5, 0.6) is 0 Å². The lowest BCUT2D eigenvalue weighted by molar-refractivity contribution is 0.567. The van der Waals surface area contributed by atoms with E-state index in [9.17, 15) is 0 Å². The summed E-state index contributed by atoms with van der Waals surface area (Å²) in [7, 11) is 0. The van der Waals surface area contributed by atoms with Crippen molar-refractivity contribution in [1.29, 1.82) is 0 Å². The highest BCUT2D eigenvalue weighted by molar-refractivity contribution is 5.44. The van der Waals surface area contributed by atoms with E-state index in [0.717, 1.165) is 50.4 Å². The Morgan fingerprint density at radius 1 is 1.00 bits per heavy atom. The smallest absolute Gasteiger partial charge is 0.231 e. The highest BCUT2D eigenvalue weighted by Gasteiger charge is 2.22. The number of piperidine rings is 1. The molecule has 6 nitrogen and oxygen atoms in total. The standard InChI is InChI=1S/C15H26N6/c1-2-8-16-13-18-14(17-11-12-6-7-12)20-15(19-13)21-9-4-3-5-10-21/h12H,2-11H2,1H3,(H2,16,17,18,19,20). The molecule has 6 heteroatoms. The van der Waals surface area contributed by atoms with Crippen LogP contribution in [0.3, 0.4) is 0 Å². The van der Waals surface area contributed by atoms with Crippen molar-refractivity contribution in [2.24, 2.45) is 5.92 Å². The van der Waals surface area contributed by atoms with Crippen LogP contribution >= 0.6 is 0 Å². The lowest BCUT2D eigenvalue weighted by Gasteiger charge is -2.27. The minimum absolute atomic E-state index is 0.700. The molecule has 0 aromatic carbocycles. The summed E-state index contributed by atoms with van der Waals surface area (Å²) in [6.07, 6.45) is 7.50. The average Bonchev–Trinajstić information content (AvgIpc) is 3.36. The molecule has 1 saturated carbocycles. The third kappa shape index (κ3) is 4.19. The summed E-state index contributed by atoms with van der Waals surface area (Å²) in [5, 5.41) is 6.66. The third-order valence-electron chi connectivity index (χ3n) is 4.04. The van der Waals surface area contributed by atoms with Gasteiger partial charge in [-0.25, -0.2) is 0 Å². The molecule has 3 rings (SSSR count). The van der Waals surface area contributed by atoms with Gasteiger partial charge in [-0.3, -0.25) is 0 Å². The summed E-state index contributed by atoms with van der Waals surface area (Å²) < 4.78 is 0. The molecule has 1 saturated heterocycles. The van der Waals surface area contributed by atoms with E-state index < -0.39 is 0 Å². The second-order valence-electron chi connectivity index (χ2n) is 6.08. The minimum Gasteiger partial charge on any atom is -0.354 e. The summed E-state index contributed by atoms with van der Waals surface area (Å²) in [6, 6.07) is 0. The van der Waals surface area contributed by atoms with Crippen molar-refractivity contribution in [3.63, 3.8) is 0 Å². The van der Waals surface area contributed by atoms with Gasteiger partial charge >= 0.3 is 0 Å². The van der Waals surface area contributed by atoms with Crippen molar-refractivity contribution >= 4 is 17.8 Å². The van der Waals surface area contributed by atoms with Gasteiger partial charge in [-0.05, 0) is 44.4 Å². The fourth-order valence-electron chi connectivity index (χ4n) is 2.55. The van der Waals surface area contributed by atoms with Crippen molar-refractivity contribution in [2.45, 2.75) is 45.4 Å². The first-order valence-corrected chi connectivity index (χ1v) is 8.34. The first-order valence-electron chi connectivity index (χ1n) is 8.34. The molecule has 0 radical (unpaired) electrons. The number of nitrogens with one attached hydrogen (secondary N) is 2. The van der Waals surface area contributed by atoms with Crippen LogP contribution in [0.1, 0.15) is 45.4 Å². The van der Waals surface area contributed by atoms with Gasteiger partial charge in [0.2, 0.25) is 17.8 Å². The zero-order valence-electron chi connectivity index (χ0n) is 12.9. The van der Waals surface area contributed by atoms with Gasteiger partial charge in [-0.1, -0.05) is 6.92 Å². The van der Waals surface area contributed by atoms with Crippen molar-refractivity contribution in [1.82, 2.24) is 15.0 Å². The van der Waals surface area contributed by atoms with E-state index in [1.807, 2.05) is 0 Å². The molecule has 0 spiro atoms. The average molecular weight is 290 g/mol. The van der Waals surface area contributed by atoms with Crippen LogP contribution in [0.15, 0.2) is 0 Å². The lowest BCUT2D eigenvalue weighted by Crippen LogP contribution is -2.31. The normalized spacial score (nSPS) is 18.6. The molecule has 0 amide bonds. The molecule has 1 aliphatic carbocycles. The van der Waals surface area contributed by atoms with E-state index in [1.54, 1.807) is 0 Å². The maximum absolute atomic E-state index is 4.62. The summed E-state index contributed by atoms with van der Waals surface area (Å²) in [5.41, 5.74) is 0. The predicted molar refractivity (Wildman–Crippen MR) is 85.9 cm³/mol. The van der Waals surface area contributed by atoms with Crippen LogP contribution in [0, 0.1) is 5.92 Å². The topological polar surface area (TPSA) is 66.0 Å². The molecule has 21 heavy (non-hydrogen) atoms. The monoisotopic (exact) mass is 290 g/mol. The van der Waals surface area contributed by atoms with Crippen molar-refractivity contribution < 1.29 is 0 Å². The van der Waals surface area contributed by atoms with Crippen molar-refractivity contribution in [3.05, 3.63) is 0 Å². The Labute approximate surface area is 126 Å². The van der Waals surface area contributed by atoms with E-state index in [1.165, 1.54) is 32.1 Å². The van der Waals surface area contributed by atoms with Gasteiger partial charge in [0.15, 0.2) is 0 Å². The summed E-state index contributed by atoms with van der Waals surface area (Å²) >= 11 is 0. The highest BCUT2D eigenvalue weighted by Crippen LogP contribution is 2.28. The van der Waals surface area contributed by atoms with Crippen LogP contribution < -0.4 is 15.5 Å². The predicted octanol–water partition coefficient (Wildman–Crippen LogP) is 2.51. The summed E-state index contributed by atoms with van der Waals surface area (Å²) in [6.45, 7) is 6.13. The molecule has 0 unspecified atom stereocenters. The Morgan fingerprint density at radius 3 is 2.38 bits per heavy atom. The molecular formula is C15H26N6. The minimum atomic E-state index is 0.700. The number of nitrogens with zero attached hydrogens (tertiary/aromatic N) is 4. The molecule has 2 heterocycles. The zero-order chi connectivity index (χ0) is 14.5. The summed E-state index contributed by atoms with van der Waals surface area (Å²) in [5.74, 6) is 3.05. The molecule has 2 fully saturated rings. The van der Waals surface area contributed by atoms with E-state index in [4.69, 9.17) is 0 Å². The number of aromatic nitrogens is 3. The van der Waals surface area contributed by atoms with E-state index in [-0.39, 0.29) is 0 Å². The lowest BCUT2D eigenvalue weighted by atomic mass is 10.1. The van der Waals surface area contributed by atoms with Crippen LogP contribution in [0.25, 0.3) is 0 Å². The number of anilines is 3. The fraction of sp³-hybridized carbons (Fsp3) is 0.800. The van der Waals surface area contributed by atoms with E-state index in [2.05, 4.69) is 37.4 Å². The molecule has 0 atom stereocenters. The van der Waals surface area contributed by atoms with Crippen LogP contribution in [-0.2, 0) is 0 Å². The quantitative estimate of drug-likeness (QED) is 0.804. The first-order chi connectivity index (χ1) is 10.3. The molecular weight excluding hydrogens is 264 g/mol. The number of rotatable bonds is 7. The molecule has 1 aromatic rings. The SMILES string of the molecule is CCCNc1nc(NCC2CC2)nc(N2CCCCC2)n1. The van der Waals surface area contributed by atoms with Gasteiger partial charge in [-0.15, -0.1) is 0 Å². The van der Waals surface area contributed by atoms with Gasteiger partial charge < -0.3 is 15.5 Å². The number of hydrogen-bond acceptors (Lipinski definition) is 6. The maximum atomic E-state index is 4.62. The second-order valence-corrected chi connectivity index (χ2v) is 6.08. The number of hydrogen-bond donors (Lipinski definition) is 2. The van der Waals surface area contributed by atoms with Crippen LogP contribution in [-0.4, -0.2) is 41.1 Å². The van der Waals surface area contributed by atoms with Crippen molar-refractivity contribution in [2.75, 3.05) is 41.7 Å². The molecule has 116 valence electrons. The van der Waals surface area contributed by atoms with Gasteiger partial charge in [0.1, 0.15) is 0 Å². The van der Waals surface area contributed by atoms with Crippen molar-refractivity contribution in [3.8, 4) is 0 Å². The molecule has 1 aromatic heterocycles. The Morgan fingerprint density at radius 2 is 1.71 bits per heavy atom. The first kappa shape index (κ1) is 14.4. The Bertz CT molecular complexity index is 453. The molecule has 2 N–H and O–H groups in total. The Kier molecular flexibility index (Phi) is 4.72. The molecule has 1 aliphatic heterocycles. The second kappa shape index (κ2) is 6.91. The van der Waals surface area contributed by atoms with Crippen LogP contribution in [0.4, 0.5) is 17.8 Å². The maximum Gasteiger partial charge on any atom is 0.231 e. The van der Waals surface area contributed by atoms with Crippen LogP contribution in [0.2, 0.25) is 0 Å².